The molecule has 0 bridgehead atoms. The number of methoxy groups -OCH3 is 1. The number of carbonyl (C=O) groups is 1. The SMILES string of the molecule is COC(=O)N1C=C(C)C=C(C)C1. The molecule has 0 radical (unpaired) electrons. The lowest BCUT2D eigenvalue weighted by Gasteiger charge is -2.21. The Bertz CT molecular complexity index is 253. The highest BCUT2D eigenvalue weighted by atomic mass is 16.5. The van der Waals surface area contributed by atoms with Gasteiger partial charge in [-0.3, -0.25) is 4.90 Å². The second-order valence-corrected chi connectivity index (χ2v) is 2.96. The molecule has 0 fully saturated rings. The van der Waals surface area contributed by atoms with E-state index in [1.807, 2.05) is 13.8 Å². The zero-order valence-corrected chi connectivity index (χ0v) is 7.63. The highest BCUT2D eigenvalue weighted by molar-refractivity contribution is 5.69. The first-order chi connectivity index (χ1) is 5.63. The van der Waals surface area contributed by atoms with Gasteiger partial charge in [0.25, 0.3) is 0 Å². The van der Waals surface area contributed by atoms with Gasteiger partial charge in [-0.25, -0.2) is 4.79 Å². The van der Waals surface area contributed by atoms with Gasteiger partial charge in [0.2, 0.25) is 0 Å². The van der Waals surface area contributed by atoms with Crippen molar-refractivity contribution in [3.8, 4) is 0 Å². The molecule has 1 aliphatic rings. The van der Waals surface area contributed by atoms with Crippen LogP contribution >= 0.6 is 0 Å². The number of amides is 1. The maximum absolute atomic E-state index is 11.1. The van der Waals surface area contributed by atoms with E-state index in [1.54, 1.807) is 11.1 Å². The molecule has 3 nitrogen and oxygen atoms in total. The molecule has 0 aromatic carbocycles. The third-order valence-corrected chi connectivity index (χ3v) is 1.66. The fourth-order valence-electron chi connectivity index (χ4n) is 1.27. The Labute approximate surface area is 72.3 Å². The minimum absolute atomic E-state index is 0.304. The standard InChI is InChI=1S/C9H13NO2/c1-7-4-8(2)6-10(5-7)9(11)12-3/h4-5H,6H2,1-3H3. The van der Waals surface area contributed by atoms with E-state index in [0.29, 0.717) is 6.54 Å². The van der Waals surface area contributed by atoms with Crippen LogP contribution in [0.25, 0.3) is 0 Å². The van der Waals surface area contributed by atoms with Crippen LogP contribution in [0.5, 0.6) is 0 Å². The summed E-state index contributed by atoms with van der Waals surface area (Å²) in [5, 5.41) is 0. The molecule has 0 aliphatic carbocycles. The molecule has 0 aromatic rings. The number of ether oxygens (including phenoxy) is 1. The second-order valence-electron chi connectivity index (χ2n) is 2.96. The summed E-state index contributed by atoms with van der Waals surface area (Å²) in [4.78, 5) is 12.7. The van der Waals surface area contributed by atoms with Gasteiger partial charge in [0, 0.05) is 12.7 Å². The van der Waals surface area contributed by atoms with Crippen LogP contribution < -0.4 is 0 Å². The van der Waals surface area contributed by atoms with Crippen LogP contribution in [0.3, 0.4) is 0 Å². The minimum Gasteiger partial charge on any atom is -0.452 e. The first-order valence-electron chi connectivity index (χ1n) is 3.83. The van der Waals surface area contributed by atoms with Crippen molar-refractivity contribution in [1.29, 1.82) is 0 Å². The van der Waals surface area contributed by atoms with E-state index in [0.717, 1.165) is 5.57 Å². The van der Waals surface area contributed by atoms with Crippen LogP contribution in [0.2, 0.25) is 0 Å². The lowest BCUT2D eigenvalue weighted by Crippen LogP contribution is -2.29. The Morgan fingerprint density at radius 2 is 2.25 bits per heavy atom. The molecule has 1 aliphatic heterocycles. The van der Waals surface area contributed by atoms with Crippen LogP contribution in [-0.4, -0.2) is 24.6 Å². The Kier molecular flexibility index (Phi) is 2.53. The molecule has 0 aromatic heterocycles. The first-order valence-corrected chi connectivity index (χ1v) is 3.83. The molecule has 1 amide bonds. The molecule has 0 unspecified atom stereocenters. The molecule has 0 saturated carbocycles. The van der Waals surface area contributed by atoms with E-state index < -0.39 is 0 Å². The van der Waals surface area contributed by atoms with Gasteiger partial charge in [-0.2, -0.15) is 0 Å². The molecule has 3 heteroatoms. The second kappa shape index (κ2) is 3.43. The van der Waals surface area contributed by atoms with E-state index in [4.69, 9.17) is 0 Å². The highest BCUT2D eigenvalue weighted by Crippen LogP contribution is 2.13. The van der Waals surface area contributed by atoms with Crippen LogP contribution in [0.15, 0.2) is 23.4 Å². The quantitative estimate of drug-likeness (QED) is 0.551. The van der Waals surface area contributed by atoms with Gasteiger partial charge in [0.05, 0.1) is 7.11 Å². The van der Waals surface area contributed by atoms with E-state index in [-0.39, 0.29) is 6.09 Å². The summed E-state index contributed by atoms with van der Waals surface area (Å²) < 4.78 is 4.60. The average molecular weight is 167 g/mol. The van der Waals surface area contributed by atoms with Gasteiger partial charge in [-0.05, 0) is 19.4 Å². The Morgan fingerprint density at radius 1 is 1.58 bits per heavy atom. The lowest BCUT2D eigenvalue weighted by molar-refractivity contribution is 0.142. The number of nitrogens with zero attached hydrogens (tertiary/aromatic N) is 1. The van der Waals surface area contributed by atoms with Crippen LogP contribution in [0.1, 0.15) is 13.8 Å². The summed E-state index contributed by atoms with van der Waals surface area (Å²) >= 11 is 0. The van der Waals surface area contributed by atoms with E-state index in [2.05, 4.69) is 10.8 Å². The van der Waals surface area contributed by atoms with Crippen molar-refractivity contribution in [3.05, 3.63) is 23.4 Å². The van der Waals surface area contributed by atoms with Gasteiger partial charge in [0.15, 0.2) is 0 Å². The number of allylic oxidation sites excluding steroid dienone is 2. The Morgan fingerprint density at radius 3 is 2.75 bits per heavy atom. The maximum atomic E-state index is 11.1. The molecular weight excluding hydrogens is 154 g/mol. The first kappa shape index (κ1) is 8.84. The van der Waals surface area contributed by atoms with E-state index in [1.165, 1.54) is 12.7 Å². The molecule has 0 N–H and O–H groups in total. The monoisotopic (exact) mass is 167 g/mol. The van der Waals surface area contributed by atoms with Gasteiger partial charge in [0.1, 0.15) is 0 Å². The number of carbonyl (C=O) groups excluding carboxylic acids is 1. The van der Waals surface area contributed by atoms with Crippen LogP contribution in [0, 0.1) is 0 Å². The zero-order chi connectivity index (χ0) is 9.14. The number of hydrogen-bond acceptors (Lipinski definition) is 2. The zero-order valence-electron chi connectivity index (χ0n) is 7.63. The van der Waals surface area contributed by atoms with Crippen molar-refractivity contribution in [1.82, 2.24) is 4.90 Å². The molecule has 1 heterocycles. The molecule has 66 valence electrons. The third-order valence-electron chi connectivity index (χ3n) is 1.66. The number of rotatable bonds is 0. The molecule has 1 rings (SSSR count). The molecule has 0 saturated heterocycles. The van der Waals surface area contributed by atoms with Gasteiger partial charge >= 0.3 is 6.09 Å². The van der Waals surface area contributed by atoms with Gasteiger partial charge in [-0.1, -0.05) is 11.6 Å². The summed E-state index contributed by atoms with van der Waals surface area (Å²) in [6.45, 7) is 4.58. The van der Waals surface area contributed by atoms with E-state index in [9.17, 15) is 4.79 Å². The predicted molar refractivity (Wildman–Crippen MR) is 46.6 cm³/mol. The normalized spacial score (nSPS) is 16.8. The summed E-state index contributed by atoms with van der Waals surface area (Å²) in [7, 11) is 1.39. The Hall–Kier alpha value is -1.25. The molecule has 0 atom stereocenters. The topological polar surface area (TPSA) is 29.5 Å². The minimum atomic E-state index is -0.304. The molecule has 0 spiro atoms. The van der Waals surface area contributed by atoms with Crippen molar-refractivity contribution >= 4 is 6.09 Å². The van der Waals surface area contributed by atoms with Crippen LogP contribution in [0.4, 0.5) is 4.79 Å². The summed E-state index contributed by atoms with van der Waals surface area (Å²) in [5.41, 5.74) is 2.24. The van der Waals surface area contributed by atoms with E-state index >= 15 is 0 Å². The summed E-state index contributed by atoms with van der Waals surface area (Å²) in [6.07, 6.45) is 3.54. The van der Waals surface area contributed by atoms with Crippen molar-refractivity contribution in [2.75, 3.05) is 13.7 Å². The van der Waals surface area contributed by atoms with Crippen LogP contribution in [-0.2, 0) is 4.74 Å². The highest BCUT2D eigenvalue weighted by Gasteiger charge is 2.14. The fraction of sp³-hybridized carbons (Fsp3) is 0.444. The summed E-state index contributed by atoms with van der Waals surface area (Å²) in [6, 6.07) is 0. The fourth-order valence-corrected chi connectivity index (χ4v) is 1.27. The third kappa shape index (κ3) is 1.87. The Balaban J connectivity index is 2.73. The van der Waals surface area contributed by atoms with Crippen molar-refractivity contribution in [2.45, 2.75) is 13.8 Å². The van der Waals surface area contributed by atoms with Gasteiger partial charge in [-0.15, -0.1) is 0 Å². The molecular formula is C9H13NO2. The van der Waals surface area contributed by atoms with Gasteiger partial charge < -0.3 is 4.74 Å². The van der Waals surface area contributed by atoms with Crippen molar-refractivity contribution < 1.29 is 9.53 Å². The molecule has 12 heavy (non-hydrogen) atoms. The van der Waals surface area contributed by atoms with Crippen molar-refractivity contribution in [2.24, 2.45) is 0 Å². The predicted octanol–water partition coefficient (Wildman–Crippen LogP) is 1.92. The lowest BCUT2D eigenvalue weighted by atomic mass is 10.1. The number of hydrogen-bond donors (Lipinski definition) is 0. The summed E-state index contributed by atoms with van der Waals surface area (Å²) in [5.74, 6) is 0. The maximum Gasteiger partial charge on any atom is 0.413 e. The average Bonchev–Trinajstić information content (AvgIpc) is 2.01. The van der Waals surface area contributed by atoms with Crippen molar-refractivity contribution in [3.63, 3.8) is 0 Å². The largest absolute Gasteiger partial charge is 0.452 e. The smallest absolute Gasteiger partial charge is 0.413 e.